The van der Waals surface area contributed by atoms with E-state index in [-0.39, 0.29) is 6.61 Å². The molecule has 1 aliphatic heterocycles. The second kappa shape index (κ2) is 17.2. The molecule has 1 unspecified atom stereocenters. The molecule has 0 bridgehead atoms. The molecule has 3 heteroatoms. The number of quaternary nitrogens is 1. The Labute approximate surface area is 175 Å². The van der Waals surface area contributed by atoms with Crippen molar-refractivity contribution in [1.82, 2.24) is 0 Å². The van der Waals surface area contributed by atoms with Gasteiger partial charge in [0.25, 0.3) is 0 Å². The Morgan fingerprint density at radius 1 is 0.821 bits per heavy atom. The number of hydrogen-bond donors (Lipinski definition) is 1. The highest BCUT2D eigenvalue weighted by molar-refractivity contribution is 5.76. The first-order valence-electron chi connectivity index (χ1n) is 12.4. The highest BCUT2D eigenvalue weighted by Gasteiger charge is 2.35. The van der Waals surface area contributed by atoms with Crippen LogP contribution in [0.15, 0.2) is 17.1 Å². The molecule has 0 amide bonds. The van der Waals surface area contributed by atoms with Gasteiger partial charge in [-0.05, 0) is 39.0 Å². The SMILES string of the molecule is CCCCCC/C=C/CCCCCCCCCCC1=NCC[N+]1(CC)CCO. The van der Waals surface area contributed by atoms with E-state index in [4.69, 9.17) is 4.99 Å². The lowest BCUT2D eigenvalue weighted by atomic mass is 10.1. The lowest BCUT2D eigenvalue weighted by Crippen LogP contribution is -2.52. The van der Waals surface area contributed by atoms with E-state index in [9.17, 15) is 5.11 Å². The number of allylic oxidation sites excluding steroid dienone is 2. The predicted octanol–water partition coefficient (Wildman–Crippen LogP) is 6.66. The Morgan fingerprint density at radius 2 is 1.39 bits per heavy atom. The summed E-state index contributed by atoms with van der Waals surface area (Å²) >= 11 is 0. The number of amidine groups is 1. The van der Waals surface area contributed by atoms with Crippen LogP contribution in [-0.2, 0) is 0 Å². The zero-order valence-electron chi connectivity index (χ0n) is 19.1. The molecule has 0 aromatic carbocycles. The van der Waals surface area contributed by atoms with Crippen molar-refractivity contribution < 1.29 is 9.59 Å². The van der Waals surface area contributed by atoms with Gasteiger partial charge in [-0.1, -0.05) is 76.9 Å². The predicted molar refractivity (Wildman–Crippen MR) is 124 cm³/mol. The summed E-state index contributed by atoms with van der Waals surface area (Å²) in [7, 11) is 0. The number of nitrogens with zero attached hydrogens (tertiary/aromatic N) is 2. The van der Waals surface area contributed by atoms with Gasteiger partial charge < -0.3 is 5.11 Å². The Bertz CT molecular complexity index is 419. The number of aliphatic hydroxyl groups is 1. The van der Waals surface area contributed by atoms with Gasteiger partial charge in [-0.2, -0.15) is 0 Å². The van der Waals surface area contributed by atoms with Gasteiger partial charge >= 0.3 is 0 Å². The Balaban J connectivity index is 1.90. The van der Waals surface area contributed by atoms with E-state index in [2.05, 4.69) is 26.0 Å². The lowest BCUT2D eigenvalue weighted by Gasteiger charge is -2.33. The van der Waals surface area contributed by atoms with E-state index in [0.29, 0.717) is 0 Å². The number of hydrogen-bond acceptors (Lipinski definition) is 2. The average Bonchev–Trinajstić information content (AvgIpc) is 3.11. The van der Waals surface area contributed by atoms with Crippen LogP contribution in [0, 0.1) is 0 Å². The molecule has 0 spiro atoms. The summed E-state index contributed by atoms with van der Waals surface area (Å²) in [6.07, 6.45) is 25.0. The van der Waals surface area contributed by atoms with E-state index in [0.717, 1.165) is 37.1 Å². The highest BCUT2D eigenvalue weighted by Crippen LogP contribution is 2.20. The lowest BCUT2D eigenvalue weighted by molar-refractivity contribution is -0.835. The molecule has 164 valence electrons. The Morgan fingerprint density at radius 3 is 1.96 bits per heavy atom. The largest absolute Gasteiger partial charge is 0.390 e. The minimum atomic E-state index is 0.279. The number of unbranched alkanes of at least 4 members (excludes halogenated alkanes) is 12. The molecule has 0 aliphatic carbocycles. The Hall–Kier alpha value is -0.670. The van der Waals surface area contributed by atoms with E-state index in [1.807, 2.05) is 0 Å². The van der Waals surface area contributed by atoms with E-state index < -0.39 is 0 Å². The first-order valence-corrected chi connectivity index (χ1v) is 12.4. The van der Waals surface area contributed by atoms with Gasteiger partial charge in [-0.3, -0.25) is 4.48 Å². The third-order valence-electron chi connectivity index (χ3n) is 6.42. The maximum absolute atomic E-state index is 9.38. The second-order valence-electron chi connectivity index (χ2n) is 8.62. The normalized spacial score (nSPS) is 19.6. The summed E-state index contributed by atoms with van der Waals surface area (Å²) in [5.41, 5.74) is 0. The van der Waals surface area contributed by atoms with Crippen LogP contribution in [0.4, 0.5) is 0 Å². The van der Waals surface area contributed by atoms with Crippen molar-refractivity contribution in [2.24, 2.45) is 4.99 Å². The fraction of sp³-hybridized carbons (Fsp3) is 0.880. The van der Waals surface area contributed by atoms with Gasteiger partial charge in [0.1, 0.15) is 13.1 Å². The van der Waals surface area contributed by atoms with Crippen molar-refractivity contribution in [3.63, 3.8) is 0 Å². The third-order valence-corrected chi connectivity index (χ3v) is 6.42. The zero-order valence-corrected chi connectivity index (χ0v) is 19.1. The van der Waals surface area contributed by atoms with Gasteiger partial charge in [-0.25, -0.2) is 4.99 Å². The van der Waals surface area contributed by atoms with E-state index in [1.54, 1.807) is 0 Å². The topological polar surface area (TPSA) is 32.6 Å². The summed E-state index contributed by atoms with van der Waals surface area (Å²) in [5.74, 6) is 1.36. The fourth-order valence-corrected chi connectivity index (χ4v) is 4.43. The highest BCUT2D eigenvalue weighted by atomic mass is 16.3. The molecule has 28 heavy (non-hydrogen) atoms. The van der Waals surface area contributed by atoms with Crippen LogP contribution in [0.25, 0.3) is 0 Å². The summed E-state index contributed by atoms with van der Waals surface area (Å²) in [5, 5.41) is 9.38. The fourth-order valence-electron chi connectivity index (χ4n) is 4.43. The van der Waals surface area contributed by atoms with Crippen molar-refractivity contribution in [2.75, 3.05) is 32.8 Å². The van der Waals surface area contributed by atoms with Gasteiger partial charge in [0.15, 0.2) is 5.84 Å². The van der Waals surface area contributed by atoms with Crippen molar-refractivity contribution in [3.05, 3.63) is 12.2 Å². The van der Waals surface area contributed by atoms with Gasteiger partial charge in [0.2, 0.25) is 0 Å². The molecule has 1 rings (SSSR count). The van der Waals surface area contributed by atoms with Gasteiger partial charge in [0, 0.05) is 6.42 Å². The van der Waals surface area contributed by atoms with Crippen molar-refractivity contribution in [2.45, 2.75) is 110 Å². The van der Waals surface area contributed by atoms with Crippen molar-refractivity contribution >= 4 is 5.84 Å². The minimum Gasteiger partial charge on any atom is -0.390 e. The number of aliphatic imine (C=N–C) groups is 1. The van der Waals surface area contributed by atoms with Crippen LogP contribution >= 0.6 is 0 Å². The van der Waals surface area contributed by atoms with Crippen LogP contribution in [0.3, 0.4) is 0 Å². The molecule has 1 aliphatic rings. The third kappa shape index (κ3) is 10.8. The molecule has 0 saturated heterocycles. The maximum Gasteiger partial charge on any atom is 0.198 e. The number of likely N-dealkylation sites (N-methyl/N-ethyl adjacent to an activating group) is 1. The first kappa shape index (κ1) is 25.4. The second-order valence-corrected chi connectivity index (χ2v) is 8.62. The van der Waals surface area contributed by atoms with Crippen LogP contribution in [-0.4, -0.2) is 48.2 Å². The molecule has 0 saturated carbocycles. The molecule has 1 atom stereocenters. The standard InChI is InChI=1S/C25H49N2O/c1-3-5-6-7-8-9-10-11-12-13-14-15-16-17-18-19-20-25-26-21-22-27(25,4-2)23-24-28/h9-10,28H,3-8,11-24H2,1-2H3/q+1/b10-9+. The molecule has 0 radical (unpaired) electrons. The van der Waals surface area contributed by atoms with Crippen LogP contribution < -0.4 is 0 Å². The molecule has 1 N–H and O–H groups in total. The van der Waals surface area contributed by atoms with E-state index in [1.165, 1.54) is 95.7 Å². The van der Waals surface area contributed by atoms with Crippen LogP contribution in [0.5, 0.6) is 0 Å². The maximum atomic E-state index is 9.38. The average molecular weight is 394 g/mol. The molecule has 1 heterocycles. The summed E-state index contributed by atoms with van der Waals surface area (Å²) in [4.78, 5) is 4.76. The zero-order chi connectivity index (χ0) is 20.3. The molecular weight excluding hydrogens is 344 g/mol. The van der Waals surface area contributed by atoms with Crippen molar-refractivity contribution in [3.8, 4) is 0 Å². The minimum absolute atomic E-state index is 0.279. The van der Waals surface area contributed by atoms with Crippen LogP contribution in [0.2, 0.25) is 0 Å². The summed E-state index contributed by atoms with van der Waals surface area (Å²) in [6.45, 7) is 8.77. The quantitative estimate of drug-likeness (QED) is 0.149. The molecule has 0 aromatic rings. The molecule has 0 aromatic heterocycles. The Kier molecular flexibility index (Phi) is 15.6. The number of rotatable bonds is 19. The first-order chi connectivity index (χ1) is 13.8. The molecule has 3 nitrogen and oxygen atoms in total. The summed E-state index contributed by atoms with van der Waals surface area (Å²) in [6, 6.07) is 0. The molecular formula is C25H49N2O+. The van der Waals surface area contributed by atoms with Crippen molar-refractivity contribution in [1.29, 1.82) is 0 Å². The van der Waals surface area contributed by atoms with E-state index >= 15 is 0 Å². The molecule has 0 fully saturated rings. The summed E-state index contributed by atoms with van der Waals surface area (Å²) < 4.78 is 0.948. The van der Waals surface area contributed by atoms with Gasteiger partial charge in [0.05, 0.1) is 19.7 Å². The van der Waals surface area contributed by atoms with Crippen LogP contribution in [0.1, 0.15) is 110 Å². The monoisotopic (exact) mass is 393 g/mol. The van der Waals surface area contributed by atoms with Gasteiger partial charge in [-0.15, -0.1) is 0 Å². The number of aliphatic hydroxyl groups excluding tert-OH is 1. The smallest absolute Gasteiger partial charge is 0.198 e.